The molecule has 0 radical (unpaired) electrons. The van der Waals surface area contributed by atoms with Gasteiger partial charge in [-0.1, -0.05) is 51.8 Å². The Morgan fingerprint density at radius 1 is 0.971 bits per heavy atom. The Morgan fingerprint density at radius 3 is 2.29 bits per heavy atom. The summed E-state index contributed by atoms with van der Waals surface area (Å²) in [5.41, 5.74) is 1.79. The number of aryl methyl sites for hydroxylation is 1. The number of Topliss-reactive ketones (excluding diaryl/α,β-unsaturated/α-hetero) is 1. The molecule has 0 spiro atoms. The van der Waals surface area contributed by atoms with Crippen molar-refractivity contribution in [3.05, 3.63) is 59.2 Å². The minimum atomic E-state index is -0.338. The number of fused-ring (bicyclic) bond motifs is 1. The van der Waals surface area contributed by atoms with Crippen LogP contribution in [-0.4, -0.2) is 27.9 Å². The third-order valence-electron chi connectivity index (χ3n) is 8.70. The first-order chi connectivity index (χ1) is 15.9. The topological polar surface area (TPSA) is 86.6 Å². The van der Waals surface area contributed by atoms with Gasteiger partial charge in [-0.2, -0.15) is 0 Å². The number of nitrogens with one attached hydrogen (secondary N) is 1. The number of rotatable bonds is 4. The Labute approximate surface area is 202 Å². The smallest absolute Gasteiger partial charge is 0.251 e. The van der Waals surface area contributed by atoms with Gasteiger partial charge >= 0.3 is 0 Å². The molecule has 4 rings (SSSR count). The van der Waals surface area contributed by atoms with Gasteiger partial charge in [-0.05, 0) is 73.1 Å². The lowest BCUT2D eigenvalue weighted by Crippen LogP contribution is -2.60. The average Bonchev–Trinajstić information content (AvgIpc) is 2.74. The maximum Gasteiger partial charge on any atom is 0.251 e. The summed E-state index contributed by atoms with van der Waals surface area (Å²) < 4.78 is 0. The third kappa shape index (κ3) is 4.33. The summed E-state index contributed by atoms with van der Waals surface area (Å²) in [6.07, 6.45) is 3.93. The maximum atomic E-state index is 14.0. The van der Waals surface area contributed by atoms with Gasteiger partial charge in [0.25, 0.3) is 5.91 Å². The molecule has 5 atom stereocenters. The van der Waals surface area contributed by atoms with Gasteiger partial charge in [-0.15, -0.1) is 0 Å². The van der Waals surface area contributed by atoms with E-state index in [1.54, 1.807) is 0 Å². The third-order valence-corrected chi connectivity index (χ3v) is 8.70. The molecule has 2 aromatic rings. The summed E-state index contributed by atoms with van der Waals surface area (Å²) >= 11 is 0. The molecule has 5 nitrogen and oxygen atoms in total. The molecule has 5 heteroatoms. The van der Waals surface area contributed by atoms with E-state index in [0.717, 1.165) is 31.2 Å². The molecule has 2 aliphatic carbocycles. The van der Waals surface area contributed by atoms with Crippen molar-refractivity contribution in [1.29, 1.82) is 0 Å². The van der Waals surface area contributed by atoms with Crippen molar-refractivity contribution in [2.24, 2.45) is 28.6 Å². The van der Waals surface area contributed by atoms with Crippen LogP contribution in [0.3, 0.4) is 0 Å². The molecule has 2 aromatic carbocycles. The van der Waals surface area contributed by atoms with Gasteiger partial charge in [-0.25, -0.2) is 0 Å². The number of phenols is 2. The van der Waals surface area contributed by atoms with Crippen LogP contribution in [0.2, 0.25) is 0 Å². The monoisotopic (exact) mass is 463 g/mol. The first-order valence-electron chi connectivity index (χ1n) is 12.4. The van der Waals surface area contributed by atoms with Crippen molar-refractivity contribution in [1.82, 2.24) is 5.32 Å². The number of carbonyl (C=O) groups excluding carboxylic acids is 2. The largest absolute Gasteiger partial charge is 0.508 e. The minimum absolute atomic E-state index is 0.0406. The Kier molecular flexibility index (Phi) is 6.26. The molecule has 0 heterocycles. The number of hydrogen-bond donors (Lipinski definition) is 3. The van der Waals surface area contributed by atoms with Crippen LogP contribution in [-0.2, 0) is 0 Å². The summed E-state index contributed by atoms with van der Waals surface area (Å²) in [5.74, 6) is -0.607. The molecule has 34 heavy (non-hydrogen) atoms. The highest BCUT2D eigenvalue weighted by molar-refractivity contribution is 5.99. The maximum absolute atomic E-state index is 14.0. The lowest BCUT2D eigenvalue weighted by molar-refractivity contribution is -0.0902. The molecule has 182 valence electrons. The Morgan fingerprint density at radius 2 is 1.65 bits per heavy atom. The number of hydrogen-bond acceptors (Lipinski definition) is 4. The summed E-state index contributed by atoms with van der Waals surface area (Å²) in [6, 6.07) is 11.5. The summed E-state index contributed by atoms with van der Waals surface area (Å²) in [5, 5.41) is 23.3. The molecule has 1 amide bonds. The fourth-order valence-corrected chi connectivity index (χ4v) is 7.11. The van der Waals surface area contributed by atoms with Crippen molar-refractivity contribution >= 4 is 11.7 Å². The van der Waals surface area contributed by atoms with Crippen molar-refractivity contribution in [3.8, 4) is 11.5 Å². The lowest BCUT2D eigenvalue weighted by Gasteiger charge is -2.60. The number of benzene rings is 2. The highest BCUT2D eigenvalue weighted by Gasteiger charge is 2.58. The van der Waals surface area contributed by atoms with E-state index < -0.39 is 0 Å². The molecule has 0 aliphatic heterocycles. The van der Waals surface area contributed by atoms with Crippen molar-refractivity contribution in [2.75, 3.05) is 0 Å². The Balaban J connectivity index is 1.73. The lowest BCUT2D eigenvalue weighted by atomic mass is 9.45. The van der Waals surface area contributed by atoms with Crippen LogP contribution in [0.1, 0.15) is 79.7 Å². The van der Waals surface area contributed by atoms with Gasteiger partial charge in [0.1, 0.15) is 11.5 Å². The van der Waals surface area contributed by atoms with Crippen LogP contribution in [0, 0.1) is 35.5 Å². The van der Waals surface area contributed by atoms with E-state index in [9.17, 15) is 19.8 Å². The minimum Gasteiger partial charge on any atom is -0.508 e. The van der Waals surface area contributed by atoms with Gasteiger partial charge in [0.05, 0.1) is 0 Å². The Hall–Kier alpha value is -2.82. The molecule has 0 unspecified atom stereocenters. The molecular formula is C29H37NO4. The van der Waals surface area contributed by atoms with Gasteiger partial charge in [-0.3, -0.25) is 9.59 Å². The summed E-state index contributed by atoms with van der Waals surface area (Å²) in [7, 11) is 0. The fraction of sp³-hybridized carbons (Fsp3) is 0.517. The van der Waals surface area contributed by atoms with Gasteiger partial charge in [0, 0.05) is 29.2 Å². The number of aromatic hydroxyl groups is 2. The zero-order valence-corrected chi connectivity index (χ0v) is 20.9. The van der Waals surface area contributed by atoms with E-state index in [4.69, 9.17) is 0 Å². The number of phenolic OH excluding ortho intramolecular Hbond substituents is 2. The standard InChI is InChI=1S/C29H37NO4/c1-17-8-6-9-19(12-17)27(34)30-23-16-24-28(3,4)10-7-11-29(24,5)25(18(23)2)26(33)20-13-21(31)15-22(32)14-20/h6,8-9,12-15,18,23-25,31-32H,7,10-11,16H2,1-5H3,(H,30,34)/t18-,23+,24-,25+,29-/m0/s1. The Bertz CT molecular complexity index is 1090. The van der Waals surface area contributed by atoms with Gasteiger partial charge in [0.2, 0.25) is 0 Å². The van der Waals surface area contributed by atoms with E-state index in [1.165, 1.54) is 18.2 Å². The molecule has 2 fully saturated rings. The highest BCUT2D eigenvalue weighted by atomic mass is 16.3. The van der Waals surface area contributed by atoms with Crippen LogP contribution in [0.5, 0.6) is 11.5 Å². The first kappa shape index (κ1) is 24.3. The van der Waals surface area contributed by atoms with Crippen LogP contribution in [0.4, 0.5) is 0 Å². The highest BCUT2D eigenvalue weighted by Crippen LogP contribution is 2.61. The van der Waals surface area contributed by atoms with Crippen molar-refractivity contribution in [3.63, 3.8) is 0 Å². The van der Waals surface area contributed by atoms with Crippen LogP contribution in [0.25, 0.3) is 0 Å². The predicted molar refractivity (Wildman–Crippen MR) is 133 cm³/mol. The van der Waals surface area contributed by atoms with Crippen LogP contribution in [0.15, 0.2) is 42.5 Å². The predicted octanol–water partition coefficient (Wildman–Crippen LogP) is 5.88. The van der Waals surface area contributed by atoms with E-state index in [-0.39, 0.29) is 57.8 Å². The van der Waals surface area contributed by atoms with Gasteiger partial charge in [0.15, 0.2) is 5.78 Å². The molecule has 0 saturated heterocycles. The average molecular weight is 464 g/mol. The normalized spacial score (nSPS) is 30.3. The first-order valence-corrected chi connectivity index (χ1v) is 12.4. The van der Waals surface area contributed by atoms with Crippen molar-refractivity contribution in [2.45, 2.75) is 66.3 Å². The molecule has 3 N–H and O–H groups in total. The van der Waals surface area contributed by atoms with Gasteiger partial charge < -0.3 is 15.5 Å². The number of amides is 1. The van der Waals surface area contributed by atoms with Crippen LogP contribution < -0.4 is 5.32 Å². The molecular weight excluding hydrogens is 426 g/mol. The fourth-order valence-electron chi connectivity index (χ4n) is 7.11. The molecule has 2 aliphatic rings. The SMILES string of the molecule is Cc1cccc(C(=O)N[C@@H]2C[C@H]3C(C)(C)CCC[C@]3(C)[C@@H](C(=O)c3cc(O)cc(O)c3)[C@H]2C)c1. The second kappa shape index (κ2) is 8.75. The molecule has 0 bridgehead atoms. The quantitative estimate of drug-likeness (QED) is 0.495. The van der Waals surface area contributed by atoms with E-state index >= 15 is 0 Å². The zero-order chi connectivity index (χ0) is 24.8. The van der Waals surface area contributed by atoms with E-state index in [0.29, 0.717) is 11.1 Å². The second-order valence-electron chi connectivity index (χ2n) is 11.5. The summed E-state index contributed by atoms with van der Waals surface area (Å²) in [4.78, 5) is 27.2. The summed E-state index contributed by atoms with van der Waals surface area (Å²) in [6.45, 7) is 10.8. The number of carbonyl (C=O) groups is 2. The van der Waals surface area contributed by atoms with E-state index in [2.05, 4.69) is 33.0 Å². The van der Waals surface area contributed by atoms with Crippen molar-refractivity contribution < 1.29 is 19.8 Å². The second-order valence-corrected chi connectivity index (χ2v) is 11.5. The zero-order valence-electron chi connectivity index (χ0n) is 20.9. The van der Waals surface area contributed by atoms with E-state index in [1.807, 2.05) is 31.2 Å². The number of ketones is 1. The molecule has 0 aromatic heterocycles. The molecule has 2 saturated carbocycles. The van der Waals surface area contributed by atoms with Crippen LogP contribution >= 0.6 is 0 Å².